The van der Waals surface area contributed by atoms with Crippen LogP contribution < -0.4 is 14.2 Å². The van der Waals surface area contributed by atoms with Gasteiger partial charge in [0.15, 0.2) is 17.3 Å². The summed E-state index contributed by atoms with van der Waals surface area (Å²) in [4.78, 5) is 35.5. The Morgan fingerprint density at radius 1 is 1.04 bits per heavy atom. The zero-order chi connectivity index (χ0) is 19.7. The van der Waals surface area contributed by atoms with Gasteiger partial charge in [-0.05, 0) is 37.1 Å². The lowest BCUT2D eigenvalue weighted by atomic mass is 10.1. The maximum absolute atomic E-state index is 12.1. The van der Waals surface area contributed by atoms with Gasteiger partial charge < -0.3 is 18.9 Å². The van der Waals surface area contributed by atoms with Crippen LogP contribution >= 0.6 is 0 Å². The minimum Gasteiger partial charge on any atom is -0.493 e. The Hall–Kier alpha value is -2.83. The van der Waals surface area contributed by atoms with Crippen LogP contribution in [0.25, 0.3) is 6.08 Å². The molecule has 0 aliphatic heterocycles. The van der Waals surface area contributed by atoms with Crippen LogP contribution in [-0.2, 0) is 19.1 Å². The molecule has 0 N–H and O–H groups in total. The molecule has 0 aliphatic carbocycles. The minimum absolute atomic E-state index is 0.0964. The predicted octanol–water partition coefficient (Wildman–Crippen LogP) is 2.94. The van der Waals surface area contributed by atoms with Crippen LogP contribution in [0.3, 0.4) is 0 Å². The Labute approximate surface area is 152 Å². The zero-order valence-electron chi connectivity index (χ0n) is 15.7. The number of carbonyl (C=O) groups excluding carboxylic acids is 3. The largest absolute Gasteiger partial charge is 0.493 e. The molecule has 1 rings (SSSR count). The Kier molecular flexibility index (Phi) is 8.34. The topological polar surface area (TPSA) is 88.1 Å². The van der Waals surface area contributed by atoms with Crippen LogP contribution in [0.5, 0.6) is 17.2 Å². The lowest BCUT2D eigenvalue weighted by molar-refractivity contribution is -0.140. The van der Waals surface area contributed by atoms with Crippen molar-refractivity contribution < 1.29 is 33.3 Å². The van der Waals surface area contributed by atoms with Crippen LogP contribution in [-0.4, -0.2) is 38.5 Å². The van der Waals surface area contributed by atoms with Gasteiger partial charge in [-0.2, -0.15) is 0 Å². The Morgan fingerprint density at radius 2 is 1.62 bits per heavy atom. The van der Waals surface area contributed by atoms with Gasteiger partial charge in [0.05, 0.1) is 20.8 Å². The summed E-state index contributed by atoms with van der Waals surface area (Å²) in [5.41, 5.74) is 0.370. The SMILES string of the molecule is CCCOC(=O)/C(=C/c1cc(OC)c(OC(=O)CC)c(OC)c1)C(C)=O. The lowest BCUT2D eigenvalue weighted by Crippen LogP contribution is -2.14. The molecule has 26 heavy (non-hydrogen) atoms. The molecule has 0 aromatic heterocycles. The third-order valence-electron chi connectivity index (χ3n) is 3.33. The molecule has 1 aromatic carbocycles. The van der Waals surface area contributed by atoms with E-state index in [0.29, 0.717) is 12.0 Å². The number of Topliss-reactive ketones (excluding diaryl/α,β-unsaturated/α-hetero) is 1. The van der Waals surface area contributed by atoms with Crippen molar-refractivity contribution in [3.8, 4) is 17.2 Å². The van der Waals surface area contributed by atoms with E-state index < -0.39 is 17.7 Å². The van der Waals surface area contributed by atoms with E-state index in [9.17, 15) is 14.4 Å². The maximum atomic E-state index is 12.1. The molecule has 0 unspecified atom stereocenters. The number of rotatable bonds is 9. The van der Waals surface area contributed by atoms with Crippen molar-refractivity contribution in [3.63, 3.8) is 0 Å². The number of hydrogen-bond donors (Lipinski definition) is 0. The van der Waals surface area contributed by atoms with Gasteiger partial charge in [-0.15, -0.1) is 0 Å². The molecule has 7 nitrogen and oxygen atoms in total. The first kappa shape index (κ1) is 21.2. The molecule has 7 heteroatoms. The fourth-order valence-corrected chi connectivity index (χ4v) is 2.01. The van der Waals surface area contributed by atoms with Crippen molar-refractivity contribution >= 4 is 23.8 Å². The van der Waals surface area contributed by atoms with Crippen LogP contribution in [0.15, 0.2) is 17.7 Å². The summed E-state index contributed by atoms with van der Waals surface area (Å²) in [6.07, 6.45) is 2.22. The number of ether oxygens (including phenoxy) is 4. The predicted molar refractivity (Wildman–Crippen MR) is 95.4 cm³/mol. The Balaban J connectivity index is 3.36. The molecule has 0 saturated heterocycles. The van der Waals surface area contributed by atoms with E-state index in [0.717, 1.165) is 0 Å². The van der Waals surface area contributed by atoms with Crippen molar-refractivity contribution in [3.05, 3.63) is 23.3 Å². The monoisotopic (exact) mass is 364 g/mol. The molecule has 0 spiro atoms. The van der Waals surface area contributed by atoms with E-state index in [1.165, 1.54) is 39.4 Å². The molecule has 1 aromatic rings. The summed E-state index contributed by atoms with van der Waals surface area (Å²) in [5.74, 6) is -0.955. The van der Waals surface area contributed by atoms with Crippen LogP contribution in [0.1, 0.15) is 39.2 Å². The van der Waals surface area contributed by atoms with Crippen molar-refractivity contribution in [2.45, 2.75) is 33.6 Å². The normalized spacial score (nSPS) is 10.9. The highest BCUT2D eigenvalue weighted by Crippen LogP contribution is 2.39. The lowest BCUT2D eigenvalue weighted by Gasteiger charge is -2.14. The molecule has 142 valence electrons. The number of esters is 2. The fraction of sp³-hybridized carbons (Fsp3) is 0.421. The first-order chi connectivity index (χ1) is 12.4. The van der Waals surface area contributed by atoms with E-state index in [-0.39, 0.29) is 35.8 Å². The molecule has 0 aliphatic rings. The molecule has 0 radical (unpaired) electrons. The van der Waals surface area contributed by atoms with Gasteiger partial charge in [-0.3, -0.25) is 9.59 Å². The number of methoxy groups -OCH3 is 2. The number of benzene rings is 1. The Bertz CT molecular complexity index is 679. The highest BCUT2D eigenvalue weighted by atomic mass is 16.6. The molecule has 0 atom stereocenters. The van der Waals surface area contributed by atoms with Gasteiger partial charge in [0.25, 0.3) is 0 Å². The smallest absolute Gasteiger partial charge is 0.341 e. The third-order valence-corrected chi connectivity index (χ3v) is 3.33. The van der Waals surface area contributed by atoms with E-state index in [2.05, 4.69) is 0 Å². The van der Waals surface area contributed by atoms with Crippen LogP contribution in [0, 0.1) is 0 Å². The molecule has 0 fully saturated rings. The second-order valence-corrected chi connectivity index (χ2v) is 5.33. The highest BCUT2D eigenvalue weighted by molar-refractivity contribution is 6.19. The zero-order valence-corrected chi connectivity index (χ0v) is 15.7. The van der Waals surface area contributed by atoms with Crippen LogP contribution in [0.2, 0.25) is 0 Å². The molecular formula is C19H24O7. The summed E-state index contributed by atoms with van der Waals surface area (Å²) >= 11 is 0. The van der Waals surface area contributed by atoms with E-state index in [1.807, 2.05) is 6.92 Å². The number of hydrogen-bond acceptors (Lipinski definition) is 7. The average Bonchev–Trinajstić information content (AvgIpc) is 2.63. The maximum Gasteiger partial charge on any atom is 0.341 e. The number of carbonyl (C=O) groups is 3. The summed E-state index contributed by atoms with van der Waals surface area (Å²) in [6, 6.07) is 3.08. The quantitative estimate of drug-likeness (QED) is 0.219. The van der Waals surface area contributed by atoms with E-state index in [4.69, 9.17) is 18.9 Å². The molecule has 0 bridgehead atoms. The Morgan fingerprint density at radius 3 is 2.04 bits per heavy atom. The molecule has 0 saturated carbocycles. The minimum atomic E-state index is -0.696. The van der Waals surface area contributed by atoms with Crippen LogP contribution in [0.4, 0.5) is 0 Å². The van der Waals surface area contributed by atoms with Crippen molar-refractivity contribution in [2.24, 2.45) is 0 Å². The summed E-state index contributed by atoms with van der Waals surface area (Å²) in [6.45, 7) is 5.03. The van der Waals surface area contributed by atoms with Gasteiger partial charge in [0.2, 0.25) is 5.75 Å². The van der Waals surface area contributed by atoms with Gasteiger partial charge in [-0.1, -0.05) is 13.8 Å². The second kappa shape index (κ2) is 10.2. The second-order valence-electron chi connectivity index (χ2n) is 5.33. The first-order valence-electron chi connectivity index (χ1n) is 8.24. The van der Waals surface area contributed by atoms with Crippen molar-refractivity contribution in [2.75, 3.05) is 20.8 Å². The van der Waals surface area contributed by atoms with Gasteiger partial charge in [-0.25, -0.2) is 4.79 Å². The van der Waals surface area contributed by atoms with Crippen molar-refractivity contribution in [1.82, 2.24) is 0 Å². The van der Waals surface area contributed by atoms with E-state index in [1.54, 1.807) is 6.92 Å². The van der Waals surface area contributed by atoms with Gasteiger partial charge in [0, 0.05) is 6.42 Å². The average molecular weight is 364 g/mol. The molecule has 0 heterocycles. The summed E-state index contributed by atoms with van der Waals surface area (Å²) in [5, 5.41) is 0. The fourth-order valence-electron chi connectivity index (χ4n) is 2.01. The summed E-state index contributed by atoms with van der Waals surface area (Å²) < 4.78 is 20.8. The van der Waals surface area contributed by atoms with Crippen molar-refractivity contribution in [1.29, 1.82) is 0 Å². The number of ketones is 1. The molecule has 0 amide bonds. The standard InChI is InChI=1S/C19H24O7/c1-6-8-25-19(22)14(12(3)20)9-13-10-15(23-4)18(16(11-13)24-5)26-17(21)7-2/h9-11H,6-8H2,1-5H3/b14-9+. The third kappa shape index (κ3) is 5.61. The summed E-state index contributed by atoms with van der Waals surface area (Å²) in [7, 11) is 2.82. The van der Waals surface area contributed by atoms with Gasteiger partial charge >= 0.3 is 11.9 Å². The first-order valence-corrected chi connectivity index (χ1v) is 8.24. The van der Waals surface area contributed by atoms with Gasteiger partial charge in [0.1, 0.15) is 5.57 Å². The highest BCUT2D eigenvalue weighted by Gasteiger charge is 2.19. The van der Waals surface area contributed by atoms with E-state index >= 15 is 0 Å². The molecular weight excluding hydrogens is 340 g/mol.